The number of aryl methyl sites for hydroxylation is 1. The molecule has 1 N–H and O–H groups in total. The highest BCUT2D eigenvalue weighted by Crippen LogP contribution is 2.12. The van der Waals surface area contributed by atoms with Crippen LogP contribution >= 0.6 is 0 Å². The van der Waals surface area contributed by atoms with Gasteiger partial charge < -0.3 is 5.32 Å². The summed E-state index contributed by atoms with van der Waals surface area (Å²) in [4.78, 5) is 0. The maximum atomic E-state index is 12.8. The third-order valence-corrected chi connectivity index (χ3v) is 2.94. The first-order valence-electron chi connectivity index (χ1n) is 6.59. The molecule has 0 heterocycles. The Morgan fingerprint density at radius 3 is 2.35 bits per heavy atom. The fourth-order valence-corrected chi connectivity index (χ4v) is 2.15. The van der Waals surface area contributed by atoms with E-state index in [0.29, 0.717) is 12.0 Å². The van der Waals surface area contributed by atoms with E-state index < -0.39 is 0 Å². The van der Waals surface area contributed by atoms with Gasteiger partial charge in [0, 0.05) is 6.04 Å². The number of hydrogen-bond acceptors (Lipinski definition) is 1. The first kappa shape index (κ1) is 14.2. The Hall–Kier alpha value is -0.890. The summed E-state index contributed by atoms with van der Waals surface area (Å²) in [5, 5.41) is 3.52. The number of hydrogen-bond donors (Lipinski definition) is 1. The second kappa shape index (κ2) is 7.44. The Bertz CT molecular complexity index is 305. The maximum Gasteiger partial charge on any atom is 0.123 e. The van der Waals surface area contributed by atoms with Crippen LogP contribution in [0.25, 0.3) is 0 Å². The lowest BCUT2D eigenvalue weighted by atomic mass is 9.97. The van der Waals surface area contributed by atoms with Gasteiger partial charge in [0.2, 0.25) is 0 Å². The lowest BCUT2D eigenvalue weighted by Crippen LogP contribution is -2.30. The van der Waals surface area contributed by atoms with Gasteiger partial charge in [0.25, 0.3) is 0 Å². The van der Waals surface area contributed by atoms with Gasteiger partial charge in [-0.05, 0) is 49.4 Å². The van der Waals surface area contributed by atoms with Crippen molar-refractivity contribution >= 4 is 0 Å². The molecule has 2 heteroatoms. The Morgan fingerprint density at radius 2 is 1.82 bits per heavy atom. The predicted molar refractivity (Wildman–Crippen MR) is 71.6 cm³/mol. The summed E-state index contributed by atoms with van der Waals surface area (Å²) in [6.45, 7) is 7.66. The van der Waals surface area contributed by atoms with E-state index in [-0.39, 0.29) is 5.82 Å². The molecular formula is C15H24FN. The van der Waals surface area contributed by atoms with Crippen molar-refractivity contribution in [3.63, 3.8) is 0 Å². The van der Waals surface area contributed by atoms with Crippen molar-refractivity contribution in [1.82, 2.24) is 5.32 Å². The molecule has 0 saturated heterocycles. The second-order valence-corrected chi connectivity index (χ2v) is 5.05. The summed E-state index contributed by atoms with van der Waals surface area (Å²) in [6, 6.07) is 7.42. The van der Waals surface area contributed by atoms with E-state index >= 15 is 0 Å². The molecule has 0 aliphatic heterocycles. The van der Waals surface area contributed by atoms with E-state index in [2.05, 4.69) is 26.1 Å². The molecule has 1 rings (SSSR count). The van der Waals surface area contributed by atoms with Crippen LogP contribution in [0.5, 0.6) is 0 Å². The van der Waals surface area contributed by atoms with Crippen LogP contribution in [0.15, 0.2) is 24.3 Å². The molecule has 1 nitrogen and oxygen atoms in total. The fourth-order valence-electron chi connectivity index (χ4n) is 2.15. The number of halogens is 1. The molecule has 0 amide bonds. The molecule has 1 aromatic carbocycles. The van der Waals surface area contributed by atoms with Crippen molar-refractivity contribution in [3.8, 4) is 0 Å². The quantitative estimate of drug-likeness (QED) is 0.761. The van der Waals surface area contributed by atoms with Gasteiger partial charge in [-0.25, -0.2) is 4.39 Å². The predicted octanol–water partition coefficient (Wildman–Crippen LogP) is 3.78. The smallest absolute Gasteiger partial charge is 0.123 e. The van der Waals surface area contributed by atoms with Gasteiger partial charge in [-0.1, -0.05) is 32.9 Å². The molecule has 0 saturated carbocycles. The Kier molecular flexibility index (Phi) is 6.20. The van der Waals surface area contributed by atoms with Crippen LogP contribution in [-0.4, -0.2) is 12.6 Å². The highest BCUT2D eigenvalue weighted by molar-refractivity contribution is 5.16. The topological polar surface area (TPSA) is 12.0 Å². The molecule has 0 bridgehead atoms. The van der Waals surface area contributed by atoms with Gasteiger partial charge in [0.05, 0.1) is 0 Å². The average Bonchev–Trinajstić information content (AvgIpc) is 2.27. The average molecular weight is 237 g/mol. The van der Waals surface area contributed by atoms with E-state index in [4.69, 9.17) is 0 Å². The summed E-state index contributed by atoms with van der Waals surface area (Å²) in [5.41, 5.74) is 1.22. The minimum absolute atomic E-state index is 0.154. The third-order valence-electron chi connectivity index (χ3n) is 2.94. The maximum absolute atomic E-state index is 12.8. The molecule has 0 spiro atoms. The van der Waals surface area contributed by atoms with Crippen LogP contribution in [0.1, 0.15) is 39.2 Å². The van der Waals surface area contributed by atoms with Gasteiger partial charge in [-0.15, -0.1) is 0 Å². The van der Waals surface area contributed by atoms with E-state index in [1.807, 2.05) is 12.1 Å². The van der Waals surface area contributed by atoms with Crippen LogP contribution in [0, 0.1) is 11.7 Å². The summed E-state index contributed by atoms with van der Waals surface area (Å²) in [5.74, 6) is 0.562. The number of nitrogens with one attached hydrogen (secondary N) is 1. The lowest BCUT2D eigenvalue weighted by molar-refractivity contribution is 0.405. The fraction of sp³-hybridized carbons (Fsp3) is 0.600. The summed E-state index contributed by atoms with van der Waals surface area (Å²) >= 11 is 0. The van der Waals surface area contributed by atoms with Crippen molar-refractivity contribution in [3.05, 3.63) is 35.6 Å². The van der Waals surface area contributed by atoms with Crippen LogP contribution in [0.3, 0.4) is 0 Å². The van der Waals surface area contributed by atoms with Crippen LogP contribution in [-0.2, 0) is 6.42 Å². The summed E-state index contributed by atoms with van der Waals surface area (Å²) in [6.07, 6.45) is 3.34. The second-order valence-electron chi connectivity index (χ2n) is 5.05. The molecule has 1 atom stereocenters. The number of rotatable bonds is 7. The Morgan fingerprint density at radius 1 is 1.18 bits per heavy atom. The van der Waals surface area contributed by atoms with Gasteiger partial charge in [0.15, 0.2) is 0 Å². The highest BCUT2D eigenvalue weighted by atomic mass is 19.1. The normalized spacial score (nSPS) is 13.0. The van der Waals surface area contributed by atoms with Crippen molar-refractivity contribution in [2.24, 2.45) is 5.92 Å². The number of benzene rings is 1. The third kappa shape index (κ3) is 5.83. The van der Waals surface area contributed by atoms with Gasteiger partial charge >= 0.3 is 0 Å². The van der Waals surface area contributed by atoms with E-state index in [0.717, 1.165) is 19.4 Å². The molecule has 1 unspecified atom stereocenters. The molecule has 0 aliphatic rings. The zero-order valence-corrected chi connectivity index (χ0v) is 11.2. The molecule has 0 radical (unpaired) electrons. The molecule has 1 aromatic rings. The van der Waals surface area contributed by atoms with E-state index in [1.54, 1.807) is 12.1 Å². The molecule has 0 fully saturated rings. The van der Waals surface area contributed by atoms with Crippen molar-refractivity contribution in [2.45, 2.75) is 46.1 Å². The molecule has 96 valence electrons. The lowest BCUT2D eigenvalue weighted by Gasteiger charge is -2.19. The van der Waals surface area contributed by atoms with E-state index in [1.165, 1.54) is 12.0 Å². The van der Waals surface area contributed by atoms with Crippen LogP contribution in [0.2, 0.25) is 0 Å². The van der Waals surface area contributed by atoms with Crippen molar-refractivity contribution in [2.75, 3.05) is 6.54 Å². The Labute approximate surface area is 104 Å². The van der Waals surface area contributed by atoms with Crippen molar-refractivity contribution < 1.29 is 4.39 Å². The monoisotopic (exact) mass is 237 g/mol. The molecular weight excluding hydrogens is 213 g/mol. The Balaban J connectivity index is 2.42. The largest absolute Gasteiger partial charge is 0.314 e. The summed E-state index contributed by atoms with van der Waals surface area (Å²) < 4.78 is 12.8. The van der Waals surface area contributed by atoms with Gasteiger partial charge in [-0.2, -0.15) is 0 Å². The van der Waals surface area contributed by atoms with Gasteiger partial charge in [-0.3, -0.25) is 0 Å². The minimum atomic E-state index is -0.154. The standard InChI is InChI=1S/C15H24FN/c1-4-17-15(11-12(2)3)10-7-13-5-8-14(16)9-6-13/h5-6,8-9,12,15,17H,4,7,10-11H2,1-3H3. The van der Waals surface area contributed by atoms with Gasteiger partial charge in [0.1, 0.15) is 5.82 Å². The zero-order valence-electron chi connectivity index (χ0n) is 11.2. The molecule has 0 aromatic heterocycles. The summed E-state index contributed by atoms with van der Waals surface area (Å²) in [7, 11) is 0. The van der Waals surface area contributed by atoms with Crippen molar-refractivity contribution in [1.29, 1.82) is 0 Å². The SMILES string of the molecule is CCNC(CCc1ccc(F)cc1)CC(C)C. The molecule has 17 heavy (non-hydrogen) atoms. The first-order valence-corrected chi connectivity index (χ1v) is 6.59. The highest BCUT2D eigenvalue weighted by Gasteiger charge is 2.09. The minimum Gasteiger partial charge on any atom is -0.314 e. The molecule has 0 aliphatic carbocycles. The van der Waals surface area contributed by atoms with Crippen LogP contribution in [0.4, 0.5) is 4.39 Å². The first-order chi connectivity index (χ1) is 8.11. The van der Waals surface area contributed by atoms with Crippen LogP contribution < -0.4 is 5.32 Å². The zero-order chi connectivity index (χ0) is 12.7. The van der Waals surface area contributed by atoms with E-state index in [9.17, 15) is 4.39 Å².